The lowest BCUT2D eigenvalue weighted by Crippen LogP contribution is -2.18. The minimum atomic E-state index is -0.604. The van der Waals surface area contributed by atoms with Gasteiger partial charge in [-0.15, -0.1) is 0 Å². The van der Waals surface area contributed by atoms with Crippen LogP contribution in [0.3, 0.4) is 0 Å². The van der Waals surface area contributed by atoms with E-state index in [1.807, 2.05) is 13.0 Å². The van der Waals surface area contributed by atoms with Crippen LogP contribution in [0, 0.1) is 12.8 Å². The number of nitrogens with one attached hydrogen (secondary N) is 1. The number of fused-ring (bicyclic) bond motifs is 1. The van der Waals surface area contributed by atoms with Crippen LogP contribution in [0.5, 0.6) is 5.75 Å². The first-order chi connectivity index (χ1) is 10.6. The van der Waals surface area contributed by atoms with Crippen molar-refractivity contribution in [3.8, 4) is 5.75 Å². The lowest BCUT2D eigenvalue weighted by atomic mass is 10.1. The summed E-state index contributed by atoms with van der Waals surface area (Å²) in [5.41, 5.74) is 1.33. The van der Waals surface area contributed by atoms with Crippen molar-refractivity contribution in [3.05, 3.63) is 39.7 Å². The Morgan fingerprint density at radius 1 is 1.36 bits per heavy atom. The second-order valence-corrected chi connectivity index (χ2v) is 5.67. The number of hydrogen-bond acceptors (Lipinski definition) is 4. The van der Waals surface area contributed by atoms with E-state index in [9.17, 15) is 9.59 Å². The Balaban J connectivity index is 2.02. The monoisotopic (exact) mass is 301 g/mol. The number of ether oxygens (including phenoxy) is 2. The van der Waals surface area contributed by atoms with Crippen LogP contribution < -0.4 is 10.2 Å². The number of aromatic amines is 1. The summed E-state index contributed by atoms with van der Waals surface area (Å²) in [7, 11) is 0. The smallest absolute Gasteiger partial charge is 0.343 e. The summed E-state index contributed by atoms with van der Waals surface area (Å²) in [6.07, 6.45) is 3.83. The van der Waals surface area contributed by atoms with E-state index in [-0.39, 0.29) is 17.6 Å². The Bertz CT molecular complexity index is 774. The Kier molecular flexibility index (Phi) is 3.88. The van der Waals surface area contributed by atoms with Crippen LogP contribution in [-0.2, 0) is 4.74 Å². The van der Waals surface area contributed by atoms with Crippen LogP contribution >= 0.6 is 0 Å². The van der Waals surface area contributed by atoms with E-state index < -0.39 is 5.97 Å². The van der Waals surface area contributed by atoms with Crippen molar-refractivity contribution in [2.75, 3.05) is 13.2 Å². The number of esters is 1. The molecule has 1 aromatic heterocycles. The fourth-order valence-corrected chi connectivity index (χ4v) is 2.42. The van der Waals surface area contributed by atoms with Crippen LogP contribution in [0.15, 0.2) is 23.1 Å². The van der Waals surface area contributed by atoms with Gasteiger partial charge in [-0.1, -0.05) is 0 Å². The summed E-state index contributed by atoms with van der Waals surface area (Å²) in [4.78, 5) is 27.4. The van der Waals surface area contributed by atoms with E-state index in [2.05, 4.69) is 4.98 Å². The predicted molar refractivity (Wildman–Crippen MR) is 83.5 cm³/mol. The van der Waals surface area contributed by atoms with Gasteiger partial charge in [-0.25, -0.2) is 4.79 Å². The van der Waals surface area contributed by atoms with Crippen molar-refractivity contribution in [1.29, 1.82) is 0 Å². The quantitative estimate of drug-likeness (QED) is 0.862. The van der Waals surface area contributed by atoms with Crippen LogP contribution in [0.4, 0.5) is 0 Å². The van der Waals surface area contributed by atoms with Crippen molar-refractivity contribution in [3.63, 3.8) is 0 Å². The average molecular weight is 301 g/mol. The third-order valence-corrected chi connectivity index (χ3v) is 3.84. The van der Waals surface area contributed by atoms with Crippen molar-refractivity contribution < 1.29 is 14.3 Å². The van der Waals surface area contributed by atoms with Gasteiger partial charge in [0.15, 0.2) is 0 Å². The van der Waals surface area contributed by atoms with Gasteiger partial charge in [0.1, 0.15) is 11.3 Å². The molecule has 1 N–H and O–H groups in total. The molecule has 1 fully saturated rings. The second kappa shape index (κ2) is 5.83. The second-order valence-electron chi connectivity index (χ2n) is 5.67. The fourth-order valence-electron chi connectivity index (χ4n) is 2.42. The first kappa shape index (κ1) is 14.6. The first-order valence-corrected chi connectivity index (χ1v) is 7.56. The SMILES string of the molecule is CCOC(=O)c1c[nH]c2c(C)cc(OCC3CC3)cc2c1=O. The highest BCUT2D eigenvalue weighted by Crippen LogP contribution is 2.30. The first-order valence-electron chi connectivity index (χ1n) is 7.56. The molecule has 22 heavy (non-hydrogen) atoms. The number of carbonyl (C=O) groups excluding carboxylic acids is 1. The Morgan fingerprint density at radius 3 is 2.82 bits per heavy atom. The number of hydrogen-bond donors (Lipinski definition) is 1. The molecular formula is C17H19NO4. The van der Waals surface area contributed by atoms with E-state index >= 15 is 0 Å². The molecule has 0 radical (unpaired) electrons. The summed E-state index contributed by atoms with van der Waals surface area (Å²) in [5.74, 6) is 0.705. The summed E-state index contributed by atoms with van der Waals surface area (Å²) < 4.78 is 10.7. The Hall–Kier alpha value is -2.30. The van der Waals surface area contributed by atoms with Crippen molar-refractivity contribution in [2.24, 2.45) is 5.92 Å². The molecule has 0 unspecified atom stereocenters. The molecule has 1 aliphatic carbocycles. The van der Waals surface area contributed by atoms with Crippen LogP contribution in [0.1, 0.15) is 35.7 Å². The molecular weight excluding hydrogens is 282 g/mol. The molecule has 116 valence electrons. The zero-order chi connectivity index (χ0) is 15.7. The van der Waals surface area contributed by atoms with Crippen molar-refractivity contribution in [2.45, 2.75) is 26.7 Å². The molecule has 5 heteroatoms. The van der Waals surface area contributed by atoms with Crippen LogP contribution in [0.2, 0.25) is 0 Å². The summed E-state index contributed by atoms with van der Waals surface area (Å²) in [5, 5.41) is 0.455. The summed E-state index contributed by atoms with van der Waals surface area (Å²) in [6, 6.07) is 3.61. The van der Waals surface area contributed by atoms with Gasteiger partial charge < -0.3 is 14.5 Å². The third kappa shape index (κ3) is 2.84. The van der Waals surface area contributed by atoms with Gasteiger partial charge in [0.25, 0.3) is 0 Å². The normalized spacial score (nSPS) is 14.1. The predicted octanol–water partition coefficient (Wildman–Crippen LogP) is 2.80. The number of rotatable bonds is 5. The number of H-pyrrole nitrogens is 1. The summed E-state index contributed by atoms with van der Waals surface area (Å²) >= 11 is 0. The van der Waals surface area contributed by atoms with Crippen molar-refractivity contribution in [1.82, 2.24) is 4.98 Å². The van der Waals surface area contributed by atoms with Gasteiger partial charge in [0.05, 0.1) is 24.1 Å². The standard InChI is InChI=1S/C17H19NO4/c1-3-21-17(20)14-8-18-15-10(2)6-12(7-13(15)16(14)19)22-9-11-4-5-11/h6-8,11H,3-5,9H2,1-2H3,(H,18,19). The summed E-state index contributed by atoms with van der Waals surface area (Å²) in [6.45, 7) is 4.54. The lowest BCUT2D eigenvalue weighted by molar-refractivity contribution is 0.0524. The van der Waals surface area contributed by atoms with Crippen LogP contribution in [0.25, 0.3) is 10.9 Å². The maximum atomic E-state index is 12.5. The number of pyridine rings is 1. The highest BCUT2D eigenvalue weighted by atomic mass is 16.5. The molecule has 3 rings (SSSR count). The zero-order valence-electron chi connectivity index (χ0n) is 12.8. The molecule has 5 nitrogen and oxygen atoms in total. The molecule has 1 saturated carbocycles. The zero-order valence-corrected chi connectivity index (χ0v) is 12.8. The number of carbonyl (C=O) groups is 1. The van der Waals surface area contributed by atoms with Gasteiger partial charge in [0, 0.05) is 6.20 Å². The molecule has 0 bridgehead atoms. The average Bonchev–Trinajstić information content (AvgIpc) is 3.30. The molecule has 1 aromatic carbocycles. The molecule has 2 aromatic rings. The molecule has 1 aliphatic rings. The van der Waals surface area contributed by atoms with E-state index in [1.54, 1.807) is 13.0 Å². The number of aromatic nitrogens is 1. The van der Waals surface area contributed by atoms with Gasteiger partial charge >= 0.3 is 5.97 Å². The lowest BCUT2D eigenvalue weighted by Gasteiger charge is -2.10. The van der Waals surface area contributed by atoms with E-state index in [0.29, 0.717) is 23.7 Å². The van der Waals surface area contributed by atoms with E-state index in [1.165, 1.54) is 19.0 Å². The van der Waals surface area contributed by atoms with Gasteiger partial charge in [-0.3, -0.25) is 4.79 Å². The third-order valence-electron chi connectivity index (χ3n) is 3.84. The molecule has 0 atom stereocenters. The Morgan fingerprint density at radius 2 is 2.14 bits per heavy atom. The van der Waals surface area contributed by atoms with E-state index in [0.717, 1.165) is 11.1 Å². The van der Waals surface area contributed by atoms with Gasteiger partial charge in [-0.2, -0.15) is 0 Å². The highest BCUT2D eigenvalue weighted by Gasteiger charge is 2.22. The number of aryl methyl sites for hydroxylation is 1. The maximum absolute atomic E-state index is 12.5. The molecule has 1 heterocycles. The maximum Gasteiger partial charge on any atom is 0.343 e. The molecule has 0 amide bonds. The number of benzene rings is 1. The topological polar surface area (TPSA) is 68.4 Å². The van der Waals surface area contributed by atoms with Crippen molar-refractivity contribution >= 4 is 16.9 Å². The highest BCUT2D eigenvalue weighted by molar-refractivity contribution is 5.94. The minimum absolute atomic E-state index is 0.0214. The minimum Gasteiger partial charge on any atom is -0.493 e. The van der Waals surface area contributed by atoms with Gasteiger partial charge in [-0.05, 0) is 50.3 Å². The van der Waals surface area contributed by atoms with Gasteiger partial charge in [0.2, 0.25) is 5.43 Å². The Labute approximate surface area is 128 Å². The fraction of sp³-hybridized carbons (Fsp3) is 0.412. The molecule has 0 saturated heterocycles. The molecule has 0 aliphatic heterocycles. The molecule has 0 spiro atoms. The largest absolute Gasteiger partial charge is 0.493 e. The van der Waals surface area contributed by atoms with Crippen LogP contribution in [-0.4, -0.2) is 24.2 Å². The van der Waals surface area contributed by atoms with E-state index in [4.69, 9.17) is 9.47 Å².